The van der Waals surface area contributed by atoms with Crippen LogP contribution in [0.5, 0.6) is 0 Å². The standard InChI is InChI=1S/C14H32N2/c1-12(2)11-16(8)10-9-13(3)14(4,5)15(6)7/h12-13H,9-11H2,1-8H3. The summed E-state index contributed by atoms with van der Waals surface area (Å²) in [6.07, 6.45) is 1.27. The van der Waals surface area contributed by atoms with Crippen molar-refractivity contribution in [2.24, 2.45) is 11.8 Å². The van der Waals surface area contributed by atoms with E-state index in [0.29, 0.717) is 5.54 Å². The van der Waals surface area contributed by atoms with Crippen LogP contribution in [0.1, 0.15) is 41.0 Å². The van der Waals surface area contributed by atoms with E-state index >= 15 is 0 Å². The first-order chi connectivity index (χ1) is 7.17. The molecule has 2 heteroatoms. The molecule has 0 aromatic heterocycles. The summed E-state index contributed by atoms with van der Waals surface area (Å²) in [6, 6.07) is 0. The van der Waals surface area contributed by atoms with Crippen molar-refractivity contribution in [2.45, 2.75) is 46.6 Å². The third-order valence-electron chi connectivity index (χ3n) is 3.98. The molecule has 0 saturated carbocycles. The SMILES string of the molecule is CC(C)CN(C)CCC(C)C(C)(C)N(C)C. The van der Waals surface area contributed by atoms with Crippen molar-refractivity contribution in [1.82, 2.24) is 9.80 Å². The van der Waals surface area contributed by atoms with Crippen molar-refractivity contribution >= 4 is 0 Å². The van der Waals surface area contributed by atoms with E-state index in [4.69, 9.17) is 0 Å². The molecule has 0 saturated heterocycles. The van der Waals surface area contributed by atoms with Gasteiger partial charge >= 0.3 is 0 Å². The number of rotatable bonds is 7. The molecule has 0 aliphatic heterocycles. The zero-order valence-electron chi connectivity index (χ0n) is 12.7. The second-order valence-electron chi connectivity index (χ2n) is 6.39. The minimum absolute atomic E-state index is 0.290. The largest absolute Gasteiger partial charge is 0.306 e. The molecule has 0 spiro atoms. The van der Waals surface area contributed by atoms with E-state index in [2.05, 4.69) is 65.6 Å². The molecule has 0 bridgehead atoms. The molecule has 0 fully saturated rings. The molecule has 0 rings (SSSR count). The van der Waals surface area contributed by atoms with Crippen LogP contribution >= 0.6 is 0 Å². The first kappa shape index (κ1) is 15.9. The van der Waals surface area contributed by atoms with Gasteiger partial charge in [0, 0.05) is 12.1 Å². The van der Waals surface area contributed by atoms with E-state index in [1.54, 1.807) is 0 Å². The number of hydrogen-bond donors (Lipinski definition) is 0. The van der Waals surface area contributed by atoms with Crippen LogP contribution in [0, 0.1) is 11.8 Å². The highest BCUT2D eigenvalue weighted by Crippen LogP contribution is 2.24. The maximum Gasteiger partial charge on any atom is 0.0173 e. The van der Waals surface area contributed by atoms with Crippen LogP contribution in [0.2, 0.25) is 0 Å². The quantitative estimate of drug-likeness (QED) is 0.661. The fraction of sp³-hybridized carbons (Fsp3) is 1.00. The lowest BCUT2D eigenvalue weighted by atomic mass is 9.85. The van der Waals surface area contributed by atoms with Gasteiger partial charge in [-0.15, -0.1) is 0 Å². The summed E-state index contributed by atoms with van der Waals surface area (Å²) in [4.78, 5) is 4.78. The summed E-state index contributed by atoms with van der Waals surface area (Å²) in [6.45, 7) is 14.0. The summed E-state index contributed by atoms with van der Waals surface area (Å²) in [7, 11) is 6.58. The highest BCUT2D eigenvalue weighted by Gasteiger charge is 2.27. The molecule has 98 valence electrons. The third kappa shape index (κ3) is 5.31. The topological polar surface area (TPSA) is 6.48 Å². The molecular formula is C14H32N2. The van der Waals surface area contributed by atoms with Crippen LogP contribution in [0.4, 0.5) is 0 Å². The minimum atomic E-state index is 0.290. The lowest BCUT2D eigenvalue weighted by molar-refractivity contribution is 0.111. The Labute approximate surface area is 103 Å². The number of nitrogens with zero attached hydrogens (tertiary/aromatic N) is 2. The average Bonchev–Trinajstić information content (AvgIpc) is 2.12. The van der Waals surface area contributed by atoms with Gasteiger partial charge in [0.15, 0.2) is 0 Å². The molecule has 0 heterocycles. The van der Waals surface area contributed by atoms with E-state index in [1.165, 1.54) is 19.5 Å². The van der Waals surface area contributed by atoms with Crippen molar-refractivity contribution < 1.29 is 0 Å². The average molecular weight is 228 g/mol. The molecule has 1 atom stereocenters. The Hall–Kier alpha value is -0.0800. The number of hydrogen-bond acceptors (Lipinski definition) is 2. The van der Waals surface area contributed by atoms with Crippen LogP contribution in [-0.4, -0.2) is 49.6 Å². The molecule has 0 aliphatic rings. The minimum Gasteiger partial charge on any atom is -0.306 e. The van der Waals surface area contributed by atoms with Crippen molar-refractivity contribution in [3.63, 3.8) is 0 Å². The summed E-state index contributed by atoms with van der Waals surface area (Å²) >= 11 is 0. The van der Waals surface area contributed by atoms with Crippen LogP contribution in [0.15, 0.2) is 0 Å². The smallest absolute Gasteiger partial charge is 0.0173 e. The van der Waals surface area contributed by atoms with Gasteiger partial charge in [-0.25, -0.2) is 0 Å². The molecule has 2 nitrogen and oxygen atoms in total. The molecule has 0 aliphatic carbocycles. The van der Waals surface area contributed by atoms with Gasteiger partial charge in [-0.3, -0.25) is 0 Å². The van der Waals surface area contributed by atoms with E-state index in [9.17, 15) is 0 Å². The Morgan fingerprint density at radius 3 is 1.88 bits per heavy atom. The van der Waals surface area contributed by atoms with Gasteiger partial charge in [-0.1, -0.05) is 20.8 Å². The Bertz CT molecular complexity index is 185. The van der Waals surface area contributed by atoms with Crippen LogP contribution in [-0.2, 0) is 0 Å². The lowest BCUT2D eigenvalue weighted by Crippen LogP contribution is -2.45. The first-order valence-corrected chi connectivity index (χ1v) is 6.53. The zero-order valence-corrected chi connectivity index (χ0v) is 12.7. The first-order valence-electron chi connectivity index (χ1n) is 6.53. The van der Waals surface area contributed by atoms with Gasteiger partial charge in [0.2, 0.25) is 0 Å². The van der Waals surface area contributed by atoms with E-state index < -0.39 is 0 Å². The predicted octanol–water partition coefficient (Wildman–Crippen LogP) is 2.94. The highest BCUT2D eigenvalue weighted by molar-refractivity contribution is 4.83. The lowest BCUT2D eigenvalue weighted by Gasteiger charge is -2.39. The Morgan fingerprint density at radius 2 is 1.50 bits per heavy atom. The fourth-order valence-corrected chi connectivity index (χ4v) is 1.92. The maximum atomic E-state index is 2.45. The zero-order chi connectivity index (χ0) is 12.9. The molecule has 0 aromatic rings. The van der Waals surface area contributed by atoms with Gasteiger partial charge in [0.1, 0.15) is 0 Å². The third-order valence-corrected chi connectivity index (χ3v) is 3.98. The second kappa shape index (κ2) is 6.61. The Balaban J connectivity index is 4.02. The Kier molecular flexibility index (Phi) is 6.57. The van der Waals surface area contributed by atoms with Crippen LogP contribution < -0.4 is 0 Å². The second-order valence-corrected chi connectivity index (χ2v) is 6.39. The molecule has 1 unspecified atom stereocenters. The van der Waals surface area contributed by atoms with E-state index in [1.807, 2.05) is 0 Å². The van der Waals surface area contributed by atoms with Crippen molar-refractivity contribution in [3.8, 4) is 0 Å². The van der Waals surface area contributed by atoms with Gasteiger partial charge < -0.3 is 9.80 Å². The van der Waals surface area contributed by atoms with E-state index in [-0.39, 0.29) is 0 Å². The molecule has 0 N–H and O–H groups in total. The van der Waals surface area contributed by atoms with Crippen LogP contribution in [0.25, 0.3) is 0 Å². The van der Waals surface area contributed by atoms with Gasteiger partial charge in [-0.2, -0.15) is 0 Å². The molecular weight excluding hydrogens is 196 g/mol. The van der Waals surface area contributed by atoms with Crippen LogP contribution in [0.3, 0.4) is 0 Å². The maximum absolute atomic E-state index is 2.45. The van der Waals surface area contributed by atoms with Gasteiger partial charge in [0.25, 0.3) is 0 Å². The van der Waals surface area contributed by atoms with Crippen molar-refractivity contribution in [3.05, 3.63) is 0 Å². The van der Waals surface area contributed by atoms with Gasteiger partial charge in [0.05, 0.1) is 0 Å². The molecule has 16 heavy (non-hydrogen) atoms. The molecule has 0 radical (unpaired) electrons. The monoisotopic (exact) mass is 228 g/mol. The highest BCUT2D eigenvalue weighted by atomic mass is 15.1. The molecule has 0 amide bonds. The van der Waals surface area contributed by atoms with Gasteiger partial charge in [-0.05, 0) is 59.8 Å². The van der Waals surface area contributed by atoms with Crippen molar-refractivity contribution in [2.75, 3.05) is 34.2 Å². The predicted molar refractivity (Wildman–Crippen MR) is 73.9 cm³/mol. The van der Waals surface area contributed by atoms with E-state index in [0.717, 1.165) is 11.8 Å². The normalized spacial score (nSPS) is 15.2. The summed E-state index contributed by atoms with van der Waals surface area (Å²) < 4.78 is 0. The fourth-order valence-electron chi connectivity index (χ4n) is 1.92. The van der Waals surface area contributed by atoms with Crippen molar-refractivity contribution in [1.29, 1.82) is 0 Å². The Morgan fingerprint density at radius 1 is 1.00 bits per heavy atom. The summed E-state index contributed by atoms with van der Waals surface area (Å²) in [5.74, 6) is 1.49. The summed E-state index contributed by atoms with van der Waals surface area (Å²) in [5, 5.41) is 0. The molecule has 0 aromatic carbocycles. The summed E-state index contributed by atoms with van der Waals surface area (Å²) in [5.41, 5.74) is 0.290.